The van der Waals surface area contributed by atoms with E-state index in [-0.39, 0.29) is 27.1 Å². The van der Waals surface area contributed by atoms with Crippen LogP contribution in [0.1, 0.15) is 128 Å². The molecule has 0 fully saturated rings. The van der Waals surface area contributed by atoms with Gasteiger partial charge >= 0.3 is 0 Å². The first-order chi connectivity index (χ1) is 38.9. The van der Waals surface area contributed by atoms with E-state index >= 15 is 0 Å². The lowest BCUT2D eigenvalue weighted by Gasteiger charge is -2.43. The van der Waals surface area contributed by atoms with Crippen LogP contribution in [0, 0.1) is 0 Å². The van der Waals surface area contributed by atoms with Crippen LogP contribution in [0.4, 0.5) is 28.4 Å². The van der Waals surface area contributed by atoms with Crippen molar-refractivity contribution in [2.24, 2.45) is 0 Å². The van der Waals surface area contributed by atoms with E-state index in [2.05, 4.69) is 285 Å². The maximum absolute atomic E-state index is 4.22. The van der Waals surface area contributed by atoms with E-state index in [4.69, 9.17) is 0 Å². The van der Waals surface area contributed by atoms with E-state index in [1.165, 1.54) is 117 Å². The molecule has 0 atom stereocenters. The van der Waals surface area contributed by atoms with Crippen LogP contribution in [-0.2, 0) is 27.1 Å². The van der Waals surface area contributed by atoms with Gasteiger partial charge in [0.25, 0.3) is 0 Å². The van der Waals surface area contributed by atoms with E-state index in [0.29, 0.717) is 0 Å². The van der Waals surface area contributed by atoms with Gasteiger partial charge in [0.15, 0.2) is 7.28 Å². The number of fused-ring (bicyclic) bond motifs is 12. The predicted molar refractivity (Wildman–Crippen MR) is 347 cm³/mol. The van der Waals surface area contributed by atoms with Crippen LogP contribution in [0.15, 0.2) is 194 Å². The highest BCUT2D eigenvalue weighted by atomic mass is 15.1. The average molecular weight is 1050 g/mol. The monoisotopic (exact) mass is 1050 g/mol. The van der Waals surface area contributed by atoms with E-state index in [1.54, 1.807) is 0 Å². The summed E-state index contributed by atoms with van der Waals surface area (Å²) in [7, 11) is 2.57. The zero-order valence-corrected chi connectivity index (χ0v) is 48.8. The van der Waals surface area contributed by atoms with Crippen LogP contribution in [-0.4, -0.2) is 11.8 Å². The molecule has 3 nitrogen and oxygen atoms in total. The molecule has 0 amide bonds. The SMILES string of the molecule is CC1(C)CCC(C)(C)c2cc(Nc3cc(N(c4ccccc4)c4ccccc4)ccc3-c3cc(-c4cccc5c4-c4ccccc4C5(C)C)c4c5c6ccccc6ccc5n5c4c3[B]c3cc4c(cc3-5)C(C)(C)CCC4(C)C)ccc21. The summed E-state index contributed by atoms with van der Waals surface area (Å²) in [4.78, 5) is 2.40. The lowest BCUT2D eigenvalue weighted by atomic mass is 9.55. The van der Waals surface area contributed by atoms with Crippen LogP contribution >= 0.6 is 0 Å². The van der Waals surface area contributed by atoms with Crippen molar-refractivity contribution >= 4 is 79.2 Å². The Morgan fingerprint density at radius 2 is 1.02 bits per heavy atom. The quantitative estimate of drug-likeness (QED) is 0.161. The highest BCUT2D eigenvalue weighted by Gasteiger charge is 2.42. The van der Waals surface area contributed by atoms with Crippen LogP contribution in [0.3, 0.4) is 0 Å². The number of nitrogens with one attached hydrogen (secondary N) is 1. The molecule has 1 radical (unpaired) electrons. The van der Waals surface area contributed by atoms with Gasteiger partial charge in [-0.3, -0.25) is 0 Å². The van der Waals surface area contributed by atoms with Gasteiger partial charge in [0, 0.05) is 61.4 Å². The molecule has 11 aromatic rings. The van der Waals surface area contributed by atoms with E-state index in [1.807, 2.05) is 0 Å². The number of anilines is 5. The summed E-state index contributed by atoms with van der Waals surface area (Å²) in [6, 6.07) is 74.1. The van der Waals surface area contributed by atoms with Gasteiger partial charge < -0.3 is 14.8 Å². The van der Waals surface area contributed by atoms with Crippen LogP contribution < -0.4 is 21.1 Å². The van der Waals surface area contributed by atoms with Gasteiger partial charge in [-0.25, -0.2) is 0 Å². The van der Waals surface area contributed by atoms with E-state index < -0.39 is 0 Å². The van der Waals surface area contributed by atoms with Crippen LogP contribution in [0.25, 0.3) is 71.6 Å². The lowest BCUT2D eigenvalue weighted by Crippen LogP contribution is -2.41. The molecule has 10 aromatic carbocycles. The minimum atomic E-state index is -0.169. The van der Waals surface area contributed by atoms with Crippen molar-refractivity contribution in [3.63, 3.8) is 0 Å². The summed E-state index contributed by atoms with van der Waals surface area (Å²) in [5, 5.41) is 9.37. The van der Waals surface area contributed by atoms with Gasteiger partial charge in [0.2, 0.25) is 0 Å². The molecule has 15 rings (SSSR count). The minimum absolute atomic E-state index is 0.0318. The molecule has 0 saturated heterocycles. The fourth-order valence-electron chi connectivity index (χ4n) is 15.3. The molecular formula is C77H71BN3. The molecule has 0 unspecified atom stereocenters. The summed E-state index contributed by atoms with van der Waals surface area (Å²) < 4.78 is 2.69. The van der Waals surface area contributed by atoms with Crippen LogP contribution in [0.2, 0.25) is 0 Å². The number of hydrogen-bond acceptors (Lipinski definition) is 2. The predicted octanol–water partition coefficient (Wildman–Crippen LogP) is 19.5. The molecule has 4 aliphatic rings. The van der Waals surface area contributed by atoms with Crippen molar-refractivity contribution in [3.8, 4) is 39.1 Å². The molecule has 3 aliphatic carbocycles. The third-order valence-electron chi connectivity index (χ3n) is 20.1. The second kappa shape index (κ2) is 17.5. The zero-order valence-electron chi connectivity index (χ0n) is 48.8. The molecular weight excluding hydrogens is 978 g/mol. The Balaban J connectivity index is 1.08. The number of hydrogen-bond donors (Lipinski definition) is 1. The number of aromatic nitrogens is 1. The molecule has 2 heterocycles. The molecule has 1 aromatic heterocycles. The first-order valence-corrected chi connectivity index (χ1v) is 29.7. The van der Waals surface area contributed by atoms with E-state index in [9.17, 15) is 0 Å². The molecule has 0 spiro atoms. The van der Waals surface area contributed by atoms with Gasteiger partial charge in [-0.05, 0) is 192 Å². The number of nitrogens with zero attached hydrogens (tertiary/aromatic N) is 2. The van der Waals surface area contributed by atoms with Crippen molar-refractivity contribution in [3.05, 3.63) is 228 Å². The lowest BCUT2D eigenvalue weighted by molar-refractivity contribution is 0.332. The first-order valence-electron chi connectivity index (χ1n) is 29.7. The Kier molecular flexibility index (Phi) is 10.8. The Bertz CT molecular complexity index is 4400. The largest absolute Gasteiger partial charge is 0.355 e. The maximum Gasteiger partial charge on any atom is 0.197 e. The molecule has 0 saturated carbocycles. The second-order valence-corrected chi connectivity index (χ2v) is 27.3. The van der Waals surface area contributed by atoms with Gasteiger partial charge in [0.1, 0.15) is 0 Å². The standard InChI is InChI=1S/C77H71BN3/c1-73(2)38-39-74(3,4)61-42-48(33-36-59(61)73)79-65-43-51(80(49-23-13-11-14-24-49)50-25-15-12-16-26-50)34-35-53(65)57-44-56(54-29-21-31-60-68(54)55-28-19-20-30-58(55)77(60,9)10)70-69-52-27-18-17-22-47(52)32-37-66(69)81-67-46-63-62(45-64(67)78-71(57)72(70)81)75(5,6)40-41-76(63,7)8/h11-37,42-46,79H,38-41H2,1-10H3. The maximum atomic E-state index is 4.22. The minimum Gasteiger partial charge on any atom is -0.355 e. The molecule has 0 bridgehead atoms. The fraction of sp³-hybridized carbons (Fsp3) is 0.247. The van der Waals surface area contributed by atoms with Crippen molar-refractivity contribution in [2.75, 3.05) is 10.2 Å². The second-order valence-electron chi connectivity index (χ2n) is 27.3. The average Bonchev–Trinajstić information content (AvgIpc) is 2.54. The molecule has 397 valence electrons. The fourth-order valence-corrected chi connectivity index (χ4v) is 15.3. The molecule has 81 heavy (non-hydrogen) atoms. The molecule has 1 N–H and O–H groups in total. The van der Waals surface area contributed by atoms with Crippen molar-refractivity contribution in [1.29, 1.82) is 0 Å². The van der Waals surface area contributed by atoms with Gasteiger partial charge in [0.05, 0.1) is 5.52 Å². The number of benzene rings is 10. The third-order valence-corrected chi connectivity index (χ3v) is 20.1. The van der Waals surface area contributed by atoms with Crippen LogP contribution in [0.5, 0.6) is 0 Å². The van der Waals surface area contributed by atoms with E-state index in [0.717, 1.165) is 53.3 Å². The highest BCUT2D eigenvalue weighted by Crippen LogP contribution is 2.56. The summed E-state index contributed by atoms with van der Waals surface area (Å²) in [6.07, 6.45) is 4.63. The summed E-state index contributed by atoms with van der Waals surface area (Å²) in [6.45, 7) is 24.4. The normalized spacial score (nSPS) is 17.2. The Morgan fingerprint density at radius 1 is 0.420 bits per heavy atom. The first kappa shape index (κ1) is 49.9. The zero-order chi connectivity index (χ0) is 55.5. The van der Waals surface area contributed by atoms with Gasteiger partial charge in [-0.15, -0.1) is 0 Å². The topological polar surface area (TPSA) is 20.2 Å². The summed E-state index contributed by atoms with van der Waals surface area (Å²) in [5.74, 6) is 0. The number of para-hydroxylation sites is 2. The Hall–Kier alpha value is -8.08. The van der Waals surface area contributed by atoms with Crippen molar-refractivity contribution < 1.29 is 0 Å². The van der Waals surface area contributed by atoms with Crippen molar-refractivity contribution in [1.82, 2.24) is 4.57 Å². The molecule has 1 aliphatic heterocycles. The van der Waals surface area contributed by atoms with Crippen molar-refractivity contribution in [2.45, 2.75) is 122 Å². The number of rotatable bonds is 7. The smallest absolute Gasteiger partial charge is 0.197 e. The third kappa shape index (κ3) is 7.47. The van der Waals surface area contributed by atoms with Gasteiger partial charge in [-0.2, -0.15) is 0 Å². The highest BCUT2D eigenvalue weighted by molar-refractivity contribution is 6.74. The Morgan fingerprint density at radius 3 is 1.74 bits per heavy atom. The summed E-state index contributed by atoms with van der Waals surface area (Å²) in [5.41, 5.74) is 28.0. The Labute approximate surface area is 480 Å². The molecule has 4 heteroatoms. The van der Waals surface area contributed by atoms with Gasteiger partial charge in [-0.1, -0.05) is 202 Å². The summed E-state index contributed by atoms with van der Waals surface area (Å²) >= 11 is 0.